The molecular weight excluding hydrogens is 426 g/mol. The van der Waals surface area contributed by atoms with Crippen molar-refractivity contribution in [2.45, 2.75) is 44.0 Å². The Morgan fingerprint density at radius 2 is 1.88 bits per heavy atom. The summed E-state index contributed by atoms with van der Waals surface area (Å²) in [7, 11) is -3.84. The van der Waals surface area contributed by atoms with E-state index in [1.165, 1.54) is 6.20 Å². The number of aromatic nitrogens is 1. The minimum atomic E-state index is -3.84. The molecule has 4 rings (SSSR count). The number of hydrogen-bond acceptors (Lipinski definition) is 6. The van der Waals surface area contributed by atoms with Crippen molar-refractivity contribution >= 4 is 27.4 Å². The van der Waals surface area contributed by atoms with Gasteiger partial charge >= 0.3 is 0 Å². The van der Waals surface area contributed by atoms with Gasteiger partial charge in [0.1, 0.15) is 0 Å². The van der Waals surface area contributed by atoms with Crippen molar-refractivity contribution in [1.29, 1.82) is 0 Å². The predicted molar refractivity (Wildman–Crippen MR) is 126 cm³/mol. The second-order valence-electron chi connectivity index (χ2n) is 8.93. The molecule has 2 aromatic rings. The van der Waals surface area contributed by atoms with Crippen molar-refractivity contribution in [2.24, 2.45) is 5.92 Å². The van der Waals surface area contributed by atoms with Gasteiger partial charge < -0.3 is 15.5 Å². The summed E-state index contributed by atoms with van der Waals surface area (Å²) in [4.78, 5) is 19.2. The number of nitrogens with zero attached hydrogens (tertiary/aromatic N) is 2. The summed E-state index contributed by atoms with van der Waals surface area (Å²) in [5, 5.41) is 6.22. The SMILES string of the molecule is CC(C)Cc1ccc(S(=O)(=O)Nc2cc(C(=O)NC3CC3)cnc2N2CCNCC2)cc1. The minimum Gasteiger partial charge on any atom is -0.352 e. The minimum absolute atomic E-state index is 0.184. The number of nitrogens with one attached hydrogen (secondary N) is 3. The third kappa shape index (κ3) is 5.58. The Balaban J connectivity index is 1.62. The summed E-state index contributed by atoms with van der Waals surface area (Å²) in [6, 6.07) is 8.75. The molecule has 1 amide bonds. The highest BCUT2D eigenvalue weighted by molar-refractivity contribution is 7.92. The first-order chi connectivity index (χ1) is 15.3. The maximum atomic E-state index is 13.2. The van der Waals surface area contributed by atoms with E-state index in [1.807, 2.05) is 17.0 Å². The fourth-order valence-corrected chi connectivity index (χ4v) is 4.81. The van der Waals surface area contributed by atoms with Crippen molar-refractivity contribution < 1.29 is 13.2 Å². The summed E-state index contributed by atoms with van der Waals surface area (Å²) in [6.45, 7) is 7.25. The molecule has 2 fully saturated rings. The molecule has 1 aliphatic heterocycles. The van der Waals surface area contributed by atoms with Crippen molar-refractivity contribution in [2.75, 3.05) is 35.8 Å². The number of piperazine rings is 1. The zero-order valence-corrected chi connectivity index (χ0v) is 19.4. The monoisotopic (exact) mass is 457 g/mol. The van der Waals surface area contributed by atoms with Crippen LogP contribution in [0.2, 0.25) is 0 Å². The highest BCUT2D eigenvalue weighted by atomic mass is 32.2. The number of carbonyl (C=O) groups excluding carboxylic acids is 1. The zero-order valence-electron chi connectivity index (χ0n) is 18.6. The number of carbonyl (C=O) groups is 1. The summed E-state index contributed by atoms with van der Waals surface area (Å²) >= 11 is 0. The zero-order chi connectivity index (χ0) is 22.7. The first-order valence-corrected chi connectivity index (χ1v) is 12.7. The van der Waals surface area contributed by atoms with Gasteiger partial charge in [-0.1, -0.05) is 26.0 Å². The van der Waals surface area contributed by atoms with Crippen LogP contribution in [0.25, 0.3) is 0 Å². The molecule has 2 aliphatic rings. The van der Waals surface area contributed by atoms with E-state index in [0.717, 1.165) is 37.9 Å². The lowest BCUT2D eigenvalue weighted by atomic mass is 10.0. The Hall–Kier alpha value is -2.65. The van der Waals surface area contributed by atoms with E-state index in [4.69, 9.17) is 0 Å². The molecule has 0 unspecified atom stereocenters. The van der Waals surface area contributed by atoms with Crippen LogP contribution in [0, 0.1) is 5.92 Å². The quantitative estimate of drug-likeness (QED) is 0.562. The largest absolute Gasteiger partial charge is 0.352 e. The molecule has 0 atom stereocenters. The van der Waals surface area contributed by atoms with Crippen molar-refractivity contribution in [1.82, 2.24) is 15.6 Å². The van der Waals surface area contributed by atoms with Crippen LogP contribution in [0.4, 0.5) is 11.5 Å². The van der Waals surface area contributed by atoms with Crippen LogP contribution >= 0.6 is 0 Å². The van der Waals surface area contributed by atoms with E-state index in [2.05, 4.69) is 34.2 Å². The number of pyridine rings is 1. The van der Waals surface area contributed by atoms with E-state index in [9.17, 15) is 13.2 Å². The Morgan fingerprint density at radius 1 is 1.19 bits per heavy atom. The Labute approximate surface area is 189 Å². The molecule has 2 heterocycles. The molecule has 1 saturated heterocycles. The van der Waals surface area contributed by atoms with Crippen LogP contribution in [0.5, 0.6) is 0 Å². The average Bonchev–Trinajstić information content (AvgIpc) is 3.58. The van der Waals surface area contributed by atoms with E-state index >= 15 is 0 Å². The van der Waals surface area contributed by atoms with Gasteiger partial charge in [-0.3, -0.25) is 9.52 Å². The van der Waals surface area contributed by atoms with Gasteiger partial charge in [0.2, 0.25) is 0 Å². The maximum absolute atomic E-state index is 13.2. The number of anilines is 2. The maximum Gasteiger partial charge on any atom is 0.262 e. The Bertz CT molecular complexity index is 1060. The molecule has 1 aromatic heterocycles. The molecule has 1 saturated carbocycles. The lowest BCUT2D eigenvalue weighted by Gasteiger charge is -2.30. The van der Waals surface area contributed by atoms with Crippen LogP contribution in [0.1, 0.15) is 42.6 Å². The summed E-state index contributed by atoms with van der Waals surface area (Å²) in [5.74, 6) is 0.799. The lowest BCUT2D eigenvalue weighted by molar-refractivity contribution is 0.0950. The highest BCUT2D eigenvalue weighted by Gasteiger charge is 2.26. The molecule has 0 radical (unpaired) electrons. The van der Waals surface area contributed by atoms with Crippen LogP contribution in [-0.2, 0) is 16.4 Å². The summed E-state index contributed by atoms with van der Waals surface area (Å²) in [5.41, 5.74) is 1.77. The normalized spacial score (nSPS) is 16.8. The summed E-state index contributed by atoms with van der Waals surface area (Å²) in [6.07, 6.45) is 4.37. The first-order valence-electron chi connectivity index (χ1n) is 11.2. The number of sulfonamides is 1. The van der Waals surface area contributed by atoms with Gasteiger partial charge in [-0.15, -0.1) is 0 Å². The van der Waals surface area contributed by atoms with Crippen LogP contribution in [-0.4, -0.2) is 51.5 Å². The standard InChI is InChI=1S/C23H31N5O3S/c1-16(2)13-17-3-7-20(8-4-17)32(30,31)27-21-14-18(23(29)26-19-5-6-19)15-25-22(21)28-11-9-24-10-12-28/h3-4,7-8,14-16,19,24,27H,5-6,9-13H2,1-2H3,(H,26,29). The molecule has 172 valence electrons. The molecule has 9 heteroatoms. The van der Waals surface area contributed by atoms with Crippen molar-refractivity contribution in [3.8, 4) is 0 Å². The van der Waals surface area contributed by atoms with Crippen molar-refractivity contribution in [3.63, 3.8) is 0 Å². The average molecular weight is 458 g/mol. The number of rotatable bonds is 8. The van der Waals surface area contributed by atoms with Gasteiger partial charge in [0.15, 0.2) is 5.82 Å². The Morgan fingerprint density at radius 3 is 2.50 bits per heavy atom. The van der Waals surface area contributed by atoms with E-state index in [-0.39, 0.29) is 16.8 Å². The second-order valence-corrected chi connectivity index (χ2v) is 10.6. The molecule has 1 aliphatic carbocycles. The molecule has 0 spiro atoms. The topological polar surface area (TPSA) is 103 Å². The predicted octanol–water partition coefficient (Wildman–Crippen LogP) is 2.38. The van der Waals surface area contributed by atoms with Gasteiger partial charge in [0.05, 0.1) is 16.1 Å². The molecule has 0 bridgehead atoms. The lowest BCUT2D eigenvalue weighted by Crippen LogP contribution is -2.44. The molecule has 1 aromatic carbocycles. The molecule has 3 N–H and O–H groups in total. The number of benzene rings is 1. The van der Waals surface area contributed by atoms with Gasteiger partial charge in [-0.25, -0.2) is 13.4 Å². The summed E-state index contributed by atoms with van der Waals surface area (Å²) < 4.78 is 29.0. The van der Waals surface area contributed by atoms with E-state index in [1.54, 1.807) is 18.2 Å². The third-order valence-electron chi connectivity index (χ3n) is 5.58. The van der Waals surface area contributed by atoms with Gasteiger partial charge in [0, 0.05) is 38.4 Å². The van der Waals surface area contributed by atoms with Gasteiger partial charge in [0.25, 0.3) is 15.9 Å². The van der Waals surface area contributed by atoms with E-state index < -0.39 is 10.0 Å². The molecule has 32 heavy (non-hydrogen) atoms. The fraction of sp³-hybridized carbons (Fsp3) is 0.478. The highest BCUT2D eigenvalue weighted by Crippen LogP contribution is 2.28. The smallest absolute Gasteiger partial charge is 0.262 e. The third-order valence-corrected chi connectivity index (χ3v) is 6.96. The fourth-order valence-electron chi connectivity index (χ4n) is 3.76. The first kappa shape index (κ1) is 22.5. The van der Waals surface area contributed by atoms with Crippen LogP contribution < -0.4 is 20.3 Å². The van der Waals surface area contributed by atoms with Crippen molar-refractivity contribution in [3.05, 3.63) is 47.7 Å². The number of amides is 1. The molecular formula is C23H31N5O3S. The molecule has 8 nitrogen and oxygen atoms in total. The van der Waals surface area contributed by atoms with Crippen LogP contribution in [0.3, 0.4) is 0 Å². The van der Waals surface area contributed by atoms with Gasteiger partial charge in [-0.2, -0.15) is 0 Å². The number of hydrogen-bond donors (Lipinski definition) is 3. The Kier molecular flexibility index (Phi) is 6.66. The van der Waals surface area contributed by atoms with Gasteiger partial charge in [-0.05, 0) is 48.9 Å². The van der Waals surface area contributed by atoms with Crippen LogP contribution in [0.15, 0.2) is 41.4 Å². The second kappa shape index (κ2) is 9.46. The van der Waals surface area contributed by atoms with E-state index in [0.29, 0.717) is 36.1 Å².